The lowest BCUT2D eigenvalue weighted by Crippen LogP contribution is -2.36. The van der Waals surface area contributed by atoms with Crippen LogP contribution in [0.15, 0.2) is 28.3 Å². The minimum atomic E-state index is -4.54. The molecule has 0 aromatic carbocycles. The van der Waals surface area contributed by atoms with E-state index in [0.717, 1.165) is 10.8 Å². The minimum Gasteiger partial charge on any atom is -0.481 e. The van der Waals surface area contributed by atoms with Gasteiger partial charge < -0.3 is 9.47 Å². The molecule has 3 aromatic heterocycles. The monoisotopic (exact) mass is 485 g/mol. The highest BCUT2D eigenvalue weighted by atomic mass is 32.2. The number of hydrogen-bond donors (Lipinski definition) is 2. The largest absolute Gasteiger partial charge is 0.481 e. The average Bonchev–Trinajstić information content (AvgIpc) is 3.11. The fraction of sp³-hybridized carbons (Fsp3) is 0.312. The summed E-state index contributed by atoms with van der Waals surface area (Å²) >= 11 is 0. The summed E-state index contributed by atoms with van der Waals surface area (Å²) in [6, 6.07) is 2.70. The summed E-state index contributed by atoms with van der Waals surface area (Å²) in [5, 5.41) is 5.22. The highest BCUT2D eigenvalue weighted by molar-refractivity contribution is 7.90. The van der Waals surface area contributed by atoms with E-state index in [2.05, 4.69) is 25.4 Å². The Kier molecular flexibility index (Phi) is 6.18. The molecule has 0 aliphatic carbocycles. The number of carbonyl (C=O) groups is 1. The molecule has 0 bridgehead atoms. The van der Waals surface area contributed by atoms with E-state index in [1.807, 2.05) is 4.72 Å². The van der Waals surface area contributed by atoms with Gasteiger partial charge >= 0.3 is 6.03 Å². The third-order valence-electron chi connectivity index (χ3n) is 4.00. The quantitative estimate of drug-likeness (QED) is 0.459. The molecule has 16 heteroatoms. The van der Waals surface area contributed by atoms with Crippen molar-refractivity contribution in [2.24, 2.45) is 0 Å². The van der Waals surface area contributed by atoms with Gasteiger partial charge in [-0.2, -0.15) is 28.0 Å². The molecule has 0 aliphatic heterocycles. The summed E-state index contributed by atoms with van der Waals surface area (Å²) in [6.07, 6.45) is 1.10. The van der Waals surface area contributed by atoms with Gasteiger partial charge in [0.05, 0.1) is 26.0 Å². The average molecular weight is 486 g/mol. The van der Waals surface area contributed by atoms with Crippen LogP contribution in [0.1, 0.15) is 12.6 Å². The number of imidazole rings is 1. The maximum atomic E-state index is 13.0. The van der Waals surface area contributed by atoms with E-state index < -0.39 is 30.9 Å². The standard InChI is InChI=1S/C16H19N7O7S2/c1-5-9-14(23-10(17-9)6-7-13(21-23)31(4,25)26)32(27,28)22-16(24)20-15-18-11(29-2)8-12(19-15)30-3/h6-8H,5H2,1-4H3,(H2,18,19,20,22,24). The van der Waals surface area contributed by atoms with Crippen LogP contribution in [0.2, 0.25) is 0 Å². The van der Waals surface area contributed by atoms with E-state index >= 15 is 0 Å². The van der Waals surface area contributed by atoms with E-state index in [9.17, 15) is 21.6 Å². The minimum absolute atomic E-state index is 0.0718. The Balaban J connectivity index is 1.98. The van der Waals surface area contributed by atoms with Gasteiger partial charge in [0.25, 0.3) is 10.0 Å². The number of sulfone groups is 1. The van der Waals surface area contributed by atoms with Gasteiger partial charge in [-0.1, -0.05) is 6.92 Å². The maximum absolute atomic E-state index is 13.0. The van der Waals surface area contributed by atoms with E-state index in [4.69, 9.17) is 9.47 Å². The fourth-order valence-electron chi connectivity index (χ4n) is 2.61. The van der Waals surface area contributed by atoms with Crippen molar-refractivity contribution in [2.45, 2.75) is 23.4 Å². The zero-order valence-corrected chi connectivity index (χ0v) is 19.0. The molecule has 0 unspecified atom stereocenters. The molecule has 2 amide bonds. The fourth-order valence-corrected chi connectivity index (χ4v) is 4.40. The maximum Gasteiger partial charge on any atom is 0.335 e. The van der Waals surface area contributed by atoms with Gasteiger partial charge in [0.2, 0.25) is 22.7 Å². The number of urea groups is 1. The van der Waals surface area contributed by atoms with Crippen LogP contribution in [0.4, 0.5) is 10.7 Å². The highest BCUT2D eigenvalue weighted by Crippen LogP contribution is 2.20. The second-order valence-corrected chi connectivity index (χ2v) is 9.83. The molecule has 0 fully saturated rings. The first-order chi connectivity index (χ1) is 15.0. The predicted molar refractivity (Wildman–Crippen MR) is 110 cm³/mol. The molecular weight excluding hydrogens is 466 g/mol. The molecule has 0 atom stereocenters. The van der Waals surface area contributed by atoms with Crippen LogP contribution in [0.5, 0.6) is 11.8 Å². The Morgan fingerprint density at radius 2 is 1.69 bits per heavy atom. The lowest BCUT2D eigenvalue weighted by atomic mass is 10.4. The molecular formula is C16H19N7O7S2. The Morgan fingerprint density at radius 1 is 1.06 bits per heavy atom. The van der Waals surface area contributed by atoms with Gasteiger partial charge in [-0.05, 0) is 18.6 Å². The molecule has 14 nitrogen and oxygen atoms in total. The van der Waals surface area contributed by atoms with Gasteiger partial charge in [-0.25, -0.2) is 22.9 Å². The second-order valence-electron chi connectivity index (χ2n) is 6.27. The van der Waals surface area contributed by atoms with Gasteiger partial charge in [0, 0.05) is 6.26 Å². The number of hydrogen-bond acceptors (Lipinski definition) is 11. The molecule has 3 aromatic rings. The van der Waals surface area contributed by atoms with Crippen LogP contribution in [-0.4, -0.2) is 67.9 Å². The summed E-state index contributed by atoms with van der Waals surface area (Å²) < 4.78 is 62.3. The first-order valence-corrected chi connectivity index (χ1v) is 12.3. The van der Waals surface area contributed by atoms with Crippen LogP contribution >= 0.6 is 0 Å². The number of amides is 2. The summed E-state index contributed by atoms with van der Waals surface area (Å²) in [5.41, 5.74) is 0.179. The van der Waals surface area contributed by atoms with Gasteiger partial charge in [-0.15, -0.1) is 0 Å². The summed E-state index contributed by atoms with van der Waals surface area (Å²) in [7, 11) is -5.59. The SMILES string of the molecule is CCc1nc2ccc(S(C)(=O)=O)nn2c1S(=O)(=O)NC(=O)Nc1nc(OC)cc(OC)n1. The lowest BCUT2D eigenvalue weighted by Gasteiger charge is -2.10. The molecule has 3 rings (SSSR count). The van der Waals surface area contributed by atoms with Crippen LogP contribution in [0.25, 0.3) is 5.65 Å². The number of rotatable bonds is 7. The van der Waals surface area contributed by atoms with E-state index in [1.165, 1.54) is 32.4 Å². The van der Waals surface area contributed by atoms with Crippen molar-refractivity contribution in [1.29, 1.82) is 0 Å². The molecule has 3 heterocycles. The van der Waals surface area contributed by atoms with Crippen molar-refractivity contribution < 1.29 is 31.1 Å². The number of carbonyl (C=O) groups excluding carboxylic acids is 1. The molecule has 0 radical (unpaired) electrons. The highest BCUT2D eigenvalue weighted by Gasteiger charge is 2.28. The lowest BCUT2D eigenvalue weighted by molar-refractivity contribution is 0.256. The zero-order chi connectivity index (χ0) is 23.7. The molecule has 172 valence electrons. The summed E-state index contributed by atoms with van der Waals surface area (Å²) in [6.45, 7) is 1.65. The summed E-state index contributed by atoms with van der Waals surface area (Å²) in [4.78, 5) is 24.3. The molecule has 2 N–H and O–H groups in total. The molecule has 0 saturated heterocycles. The number of nitrogens with one attached hydrogen (secondary N) is 2. The molecule has 0 saturated carbocycles. The number of aromatic nitrogens is 5. The van der Waals surface area contributed by atoms with Gasteiger partial charge in [0.1, 0.15) is 0 Å². The topological polar surface area (TPSA) is 184 Å². The van der Waals surface area contributed by atoms with Crippen molar-refractivity contribution in [3.63, 3.8) is 0 Å². The van der Waals surface area contributed by atoms with E-state index in [1.54, 1.807) is 6.92 Å². The smallest absolute Gasteiger partial charge is 0.335 e. The Morgan fingerprint density at radius 3 is 2.22 bits per heavy atom. The van der Waals surface area contributed by atoms with E-state index in [0.29, 0.717) is 0 Å². The van der Waals surface area contributed by atoms with Crippen molar-refractivity contribution in [3.05, 3.63) is 23.9 Å². The number of fused-ring (bicyclic) bond motifs is 1. The number of methoxy groups -OCH3 is 2. The number of sulfonamides is 1. The van der Waals surface area contributed by atoms with Crippen molar-refractivity contribution >= 4 is 37.5 Å². The number of nitrogens with zero attached hydrogens (tertiary/aromatic N) is 5. The van der Waals surface area contributed by atoms with Crippen LogP contribution in [-0.2, 0) is 26.3 Å². The van der Waals surface area contributed by atoms with Gasteiger partial charge in [-0.3, -0.25) is 5.32 Å². The Bertz CT molecular complexity index is 1380. The van der Waals surface area contributed by atoms with Crippen molar-refractivity contribution in [1.82, 2.24) is 29.3 Å². The van der Waals surface area contributed by atoms with Crippen LogP contribution in [0, 0.1) is 0 Å². The Hall–Kier alpha value is -3.53. The molecule has 0 spiro atoms. The number of aryl methyl sites for hydroxylation is 1. The van der Waals surface area contributed by atoms with Crippen LogP contribution in [0.3, 0.4) is 0 Å². The predicted octanol–water partition coefficient (Wildman–Crippen LogP) is 0.0128. The Labute approximate surface area is 183 Å². The first kappa shape index (κ1) is 23.1. The number of ether oxygens (including phenoxy) is 2. The van der Waals surface area contributed by atoms with E-state index in [-0.39, 0.29) is 40.5 Å². The summed E-state index contributed by atoms with van der Waals surface area (Å²) in [5.74, 6) is -0.134. The zero-order valence-electron chi connectivity index (χ0n) is 17.3. The first-order valence-electron chi connectivity index (χ1n) is 8.88. The second kappa shape index (κ2) is 8.54. The number of anilines is 1. The third kappa shape index (κ3) is 4.70. The van der Waals surface area contributed by atoms with Gasteiger partial charge in [0.15, 0.2) is 20.5 Å². The molecule has 32 heavy (non-hydrogen) atoms. The van der Waals surface area contributed by atoms with Crippen molar-refractivity contribution in [3.8, 4) is 11.8 Å². The van der Waals surface area contributed by atoms with Crippen molar-refractivity contribution in [2.75, 3.05) is 25.8 Å². The molecule has 0 aliphatic rings. The third-order valence-corrected chi connectivity index (χ3v) is 6.35. The van der Waals surface area contributed by atoms with Crippen LogP contribution < -0.4 is 19.5 Å². The normalized spacial score (nSPS) is 11.9.